The fraction of sp³-hybridized carbons (Fsp3) is 0.370. The van der Waals surface area contributed by atoms with Gasteiger partial charge in [0.05, 0.1) is 0 Å². The minimum absolute atomic E-state index is 0.182. The first-order valence-corrected chi connectivity index (χ1v) is 11.8. The second-order valence-corrected chi connectivity index (χ2v) is 9.22. The zero-order chi connectivity index (χ0) is 24.1. The molecule has 2 amide bonds. The fourth-order valence-electron chi connectivity index (χ4n) is 5.07. The molecule has 1 spiro atoms. The molecule has 0 bridgehead atoms. The predicted octanol–water partition coefficient (Wildman–Crippen LogP) is 4.05. The van der Waals surface area contributed by atoms with Crippen molar-refractivity contribution in [3.8, 4) is 11.1 Å². The number of aliphatic hydroxyl groups excluding tert-OH is 1. The van der Waals surface area contributed by atoms with E-state index < -0.39 is 29.7 Å². The molecule has 34 heavy (non-hydrogen) atoms. The molecule has 0 saturated heterocycles. The van der Waals surface area contributed by atoms with Gasteiger partial charge in [-0.2, -0.15) is 0 Å². The molecule has 0 unspecified atom stereocenters. The van der Waals surface area contributed by atoms with Gasteiger partial charge in [0.1, 0.15) is 17.9 Å². The van der Waals surface area contributed by atoms with E-state index in [1.165, 1.54) is 0 Å². The molecule has 1 aliphatic carbocycles. The molecule has 2 aromatic carbocycles. The lowest BCUT2D eigenvalue weighted by atomic mass is 9.74. The van der Waals surface area contributed by atoms with Crippen molar-refractivity contribution >= 4 is 17.8 Å². The van der Waals surface area contributed by atoms with E-state index in [0.717, 1.165) is 42.4 Å². The summed E-state index contributed by atoms with van der Waals surface area (Å²) in [6.45, 7) is 0.0311. The molecule has 0 atom stereocenters. The molecule has 2 aromatic rings. The van der Waals surface area contributed by atoms with E-state index in [1.54, 1.807) is 4.90 Å². The molecule has 1 aliphatic heterocycles. The molecular formula is C27H30N2O5. The number of amides is 2. The van der Waals surface area contributed by atoms with Gasteiger partial charge in [-0.3, -0.25) is 14.4 Å². The summed E-state index contributed by atoms with van der Waals surface area (Å²) < 4.78 is 0. The summed E-state index contributed by atoms with van der Waals surface area (Å²) >= 11 is 0. The van der Waals surface area contributed by atoms with Crippen molar-refractivity contribution in [1.29, 1.82) is 0 Å². The number of aliphatic carboxylic acids is 1. The maximum Gasteiger partial charge on any atom is 0.322 e. The zero-order valence-electron chi connectivity index (χ0n) is 19.1. The van der Waals surface area contributed by atoms with Gasteiger partial charge in [0.2, 0.25) is 0 Å². The van der Waals surface area contributed by atoms with E-state index in [-0.39, 0.29) is 11.3 Å². The third-order valence-corrected chi connectivity index (χ3v) is 6.86. The van der Waals surface area contributed by atoms with Crippen molar-refractivity contribution in [2.45, 2.75) is 45.1 Å². The van der Waals surface area contributed by atoms with Crippen LogP contribution in [-0.4, -0.2) is 46.0 Å². The molecule has 7 heteroatoms. The van der Waals surface area contributed by atoms with Crippen LogP contribution in [0.1, 0.15) is 44.1 Å². The number of hydrogen-bond donors (Lipinski definition) is 3. The Hall–Kier alpha value is -3.61. The third-order valence-electron chi connectivity index (χ3n) is 6.86. The van der Waals surface area contributed by atoms with Gasteiger partial charge in [0.25, 0.3) is 11.8 Å². The van der Waals surface area contributed by atoms with Gasteiger partial charge in [-0.25, -0.2) is 0 Å². The number of carbonyl (C=O) groups is 3. The van der Waals surface area contributed by atoms with Gasteiger partial charge < -0.3 is 20.4 Å². The summed E-state index contributed by atoms with van der Waals surface area (Å²) in [7, 11) is 0. The van der Waals surface area contributed by atoms with E-state index >= 15 is 0 Å². The van der Waals surface area contributed by atoms with Crippen molar-refractivity contribution < 1.29 is 24.6 Å². The highest BCUT2D eigenvalue weighted by Crippen LogP contribution is 2.45. The molecule has 0 radical (unpaired) electrons. The van der Waals surface area contributed by atoms with Crippen LogP contribution in [0.15, 0.2) is 65.9 Å². The average Bonchev–Trinajstić information content (AvgIpc) is 3.09. The fourth-order valence-corrected chi connectivity index (χ4v) is 5.07. The minimum atomic E-state index is -1.21. The molecule has 0 aromatic heterocycles. The zero-order valence-corrected chi connectivity index (χ0v) is 19.1. The SMILES string of the molecule is O=C(O)CNC(=O)C1=C(O)C2(CCCCCC2)CN(Cc2ccc(-c3ccccc3)cc2)C1=O. The predicted molar refractivity (Wildman–Crippen MR) is 128 cm³/mol. The molecule has 1 heterocycles. The van der Waals surface area contributed by atoms with Crippen LogP contribution in [0, 0.1) is 5.41 Å². The monoisotopic (exact) mass is 462 g/mol. The number of benzene rings is 2. The first kappa shape index (κ1) is 23.5. The Bertz CT molecular complexity index is 1080. The van der Waals surface area contributed by atoms with E-state index in [9.17, 15) is 19.5 Å². The highest BCUT2D eigenvalue weighted by atomic mass is 16.4. The van der Waals surface area contributed by atoms with Gasteiger partial charge in [0.15, 0.2) is 0 Å². The summed E-state index contributed by atoms with van der Waals surface area (Å²) in [5, 5.41) is 22.3. The van der Waals surface area contributed by atoms with Crippen LogP contribution in [0.4, 0.5) is 0 Å². The third kappa shape index (κ3) is 4.98. The minimum Gasteiger partial charge on any atom is -0.511 e. The Labute approximate surface area is 199 Å². The molecule has 3 N–H and O–H groups in total. The summed E-state index contributed by atoms with van der Waals surface area (Å²) in [5.41, 5.74) is 2.09. The maximum absolute atomic E-state index is 13.3. The van der Waals surface area contributed by atoms with Crippen LogP contribution in [0.2, 0.25) is 0 Å². The van der Waals surface area contributed by atoms with Gasteiger partial charge in [-0.05, 0) is 29.5 Å². The van der Waals surface area contributed by atoms with Crippen LogP contribution in [0.5, 0.6) is 0 Å². The Morgan fingerprint density at radius 3 is 2.15 bits per heavy atom. The molecule has 4 rings (SSSR count). The van der Waals surface area contributed by atoms with Crippen molar-refractivity contribution in [3.63, 3.8) is 0 Å². The smallest absolute Gasteiger partial charge is 0.322 e. The summed E-state index contributed by atoms with van der Waals surface area (Å²) in [6, 6.07) is 18.0. The standard InChI is InChI=1S/C27H30N2O5/c30-22(31)16-28-25(33)23-24(32)27(14-6-1-2-7-15-27)18-29(26(23)34)17-19-10-12-21(13-11-19)20-8-4-3-5-9-20/h3-5,8-13,32H,1-2,6-7,14-18H2,(H,28,33)(H,30,31). The summed E-state index contributed by atoms with van der Waals surface area (Å²) in [6.07, 6.45) is 5.27. The topological polar surface area (TPSA) is 107 Å². The first-order valence-electron chi connectivity index (χ1n) is 11.8. The number of rotatable bonds is 6. The number of aliphatic hydroxyl groups is 1. The molecule has 7 nitrogen and oxygen atoms in total. The first-order chi connectivity index (χ1) is 16.4. The van der Waals surface area contributed by atoms with E-state index in [4.69, 9.17) is 5.11 Å². The van der Waals surface area contributed by atoms with Gasteiger partial charge >= 0.3 is 5.97 Å². The van der Waals surface area contributed by atoms with Crippen molar-refractivity contribution in [2.75, 3.05) is 13.1 Å². The Morgan fingerprint density at radius 1 is 0.912 bits per heavy atom. The quantitative estimate of drug-likeness (QED) is 0.562. The van der Waals surface area contributed by atoms with E-state index in [1.807, 2.05) is 54.6 Å². The highest BCUT2D eigenvalue weighted by Gasteiger charge is 2.47. The van der Waals surface area contributed by atoms with E-state index in [2.05, 4.69) is 5.32 Å². The van der Waals surface area contributed by atoms with Crippen molar-refractivity contribution in [2.24, 2.45) is 5.41 Å². The second-order valence-electron chi connectivity index (χ2n) is 9.22. The van der Waals surface area contributed by atoms with Crippen LogP contribution < -0.4 is 5.32 Å². The largest absolute Gasteiger partial charge is 0.511 e. The lowest BCUT2D eigenvalue weighted by Gasteiger charge is -2.42. The van der Waals surface area contributed by atoms with Crippen molar-refractivity contribution in [1.82, 2.24) is 10.2 Å². The normalized spacial score (nSPS) is 18.0. The van der Waals surface area contributed by atoms with Crippen LogP contribution in [-0.2, 0) is 20.9 Å². The Morgan fingerprint density at radius 2 is 1.53 bits per heavy atom. The number of carbonyl (C=O) groups excluding carboxylic acids is 2. The number of hydrogen-bond acceptors (Lipinski definition) is 4. The van der Waals surface area contributed by atoms with Gasteiger partial charge in [-0.15, -0.1) is 0 Å². The van der Waals surface area contributed by atoms with Crippen molar-refractivity contribution in [3.05, 3.63) is 71.5 Å². The number of carboxylic acid groups (broad SMARTS) is 1. The summed E-state index contributed by atoms with van der Waals surface area (Å²) in [4.78, 5) is 38.7. The van der Waals surface area contributed by atoms with Gasteiger partial charge in [0, 0.05) is 18.5 Å². The molecule has 1 saturated carbocycles. The molecule has 2 aliphatic rings. The second kappa shape index (κ2) is 10.1. The molecule has 178 valence electrons. The van der Waals surface area contributed by atoms with Crippen LogP contribution in [0.3, 0.4) is 0 Å². The number of carboxylic acids is 1. The molecular weight excluding hydrogens is 432 g/mol. The highest BCUT2D eigenvalue weighted by molar-refractivity contribution is 6.19. The summed E-state index contributed by atoms with van der Waals surface area (Å²) in [5.74, 6) is -2.80. The Balaban J connectivity index is 1.61. The van der Waals surface area contributed by atoms with Crippen LogP contribution >= 0.6 is 0 Å². The van der Waals surface area contributed by atoms with Crippen LogP contribution in [0.25, 0.3) is 11.1 Å². The van der Waals surface area contributed by atoms with Gasteiger partial charge in [-0.1, -0.05) is 80.3 Å². The number of nitrogens with zero attached hydrogens (tertiary/aromatic N) is 1. The number of nitrogens with one attached hydrogen (secondary N) is 1. The lowest BCUT2D eigenvalue weighted by Crippen LogP contribution is -2.51. The molecule has 1 fully saturated rings. The average molecular weight is 463 g/mol. The van der Waals surface area contributed by atoms with E-state index in [0.29, 0.717) is 25.9 Å². The maximum atomic E-state index is 13.3. The Kier molecular flexibility index (Phi) is 7.01. The lowest BCUT2D eigenvalue weighted by molar-refractivity contribution is -0.139.